The van der Waals surface area contributed by atoms with E-state index >= 15 is 0 Å². The van der Waals surface area contributed by atoms with Crippen molar-refractivity contribution in [2.45, 2.75) is 25.8 Å². The largest absolute Gasteiger partial charge is 0.328 e. The van der Waals surface area contributed by atoms with Gasteiger partial charge >= 0.3 is 0 Å². The standard InChI is InChI=1S/C9H14N2.BrH/c1-8(10)2-3-9-4-6-11-7-5-9;/h4-8H,2-3,10H2,1H3;1H. The maximum Gasteiger partial charge on any atom is 0.0270 e. The van der Waals surface area contributed by atoms with E-state index in [9.17, 15) is 0 Å². The van der Waals surface area contributed by atoms with Crippen molar-refractivity contribution in [1.29, 1.82) is 0 Å². The molecule has 1 atom stereocenters. The fourth-order valence-corrected chi connectivity index (χ4v) is 0.944. The maximum absolute atomic E-state index is 5.62. The molecular formula is C9H15BrN2. The molecule has 3 heteroatoms. The van der Waals surface area contributed by atoms with Crippen LogP contribution in [0.3, 0.4) is 0 Å². The van der Waals surface area contributed by atoms with Gasteiger partial charge in [0.15, 0.2) is 0 Å². The maximum atomic E-state index is 5.62. The molecule has 1 heterocycles. The zero-order valence-electron chi connectivity index (χ0n) is 7.23. The minimum Gasteiger partial charge on any atom is -0.328 e. The number of nitrogens with zero attached hydrogens (tertiary/aromatic N) is 1. The summed E-state index contributed by atoms with van der Waals surface area (Å²) in [7, 11) is 0. The van der Waals surface area contributed by atoms with E-state index in [-0.39, 0.29) is 17.0 Å². The van der Waals surface area contributed by atoms with Gasteiger partial charge in [0, 0.05) is 18.4 Å². The Morgan fingerprint density at radius 2 is 2.00 bits per heavy atom. The first-order chi connectivity index (χ1) is 5.29. The van der Waals surface area contributed by atoms with Crippen LogP contribution in [0.2, 0.25) is 0 Å². The third-order valence-electron chi connectivity index (χ3n) is 1.64. The number of halogens is 1. The molecule has 0 spiro atoms. The lowest BCUT2D eigenvalue weighted by Gasteiger charge is -2.03. The first kappa shape index (κ1) is 11.6. The van der Waals surface area contributed by atoms with Gasteiger partial charge in [-0.2, -0.15) is 0 Å². The van der Waals surface area contributed by atoms with Crippen LogP contribution in [0.15, 0.2) is 24.5 Å². The molecule has 0 aromatic carbocycles. The van der Waals surface area contributed by atoms with Crippen LogP contribution in [-0.2, 0) is 6.42 Å². The van der Waals surface area contributed by atoms with Crippen molar-refractivity contribution in [1.82, 2.24) is 4.98 Å². The number of nitrogens with two attached hydrogens (primary N) is 1. The second-order valence-corrected chi connectivity index (χ2v) is 2.87. The fraction of sp³-hybridized carbons (Fsp3) is 0.444. The minimum atomic E-state index is 0. The molecule has 12 heavy (non-hydrogen) atoms. The molecule has 1 rings (SSSR count). The Morgan fingerprint density at radius 3 is 2.50 bits per heavy atom. The zero-order valence-corrected chi connectivity index (χ0v) is 8.95. The number of hydrogen-bond donors (Lipinski definition) is 1. The van der Waals surface area contributed by atoms with E-state index in [0.717, 1.165) is 12.8 Å². The second-order valence-electron chi connectivity index (χ2n) is 2.87. The van der Waals surface area contributed by atoms with Crippen molar-refractivity contribution in [3.8, 4) is 0 Å². The average molecular weight is 231 g/mol. The lowest BCUT2D eigenvalue weighted by atomic mass is 10.1. The van der Waals surface area contributed by atoms with Crippen LogP contribution in [0.25, 0.3) is 0 Å². The Hall–Kier alpha value is -0.410. The highest BCUT2D eigenvalue weighted by atomic mass is 79.9. The summed E-state index contributed by atoms with van der Waals surface area (Å²) in [6, 6.07) is 4.35. The Labute approximate surface area is 84.0 Å². The average Bonchev–Trinajstić information content (AvgIpc) is 2.03. The van der Waals surface area contributed by atoms with Crippen molar-refractivity contribution in [2.75, 3.05) is 0 Å². The smallest absolute Gasteiger partial charge is 0.0270 e. The predicted molar refractivity (Wildman–Crippen MR) is 56.5 cm³/mol. The van der Waals surface area contributed by atoms with Crippen LogP contribution < -0.4 is 5.73 Å². The Bertz CT molecular complexity index is 199. The molecular weight excluding hydrogens is 216 g/mol. The fourth-order valence-electron chi connectivity index (χ4n) is 0.944. The molecule has 1 aromatic heterocycles. The number of aryl methyl sites for hydroxylation is 1. The third-order valence-corrected chi connectivity index (χ3v) is 1.64. The lowest BCUT2D eigenvalue weighted by Crippen LogP contribution is -2.15. The van der Waals surface area contributed by atoms with Crippen molar-refractivity contribution in [3.05, 3.63) is 30.1 Å². The van der Waals surface area contributed by atoms with Crippen LogP contribution in [0, 0.1) is 0 Å². The van der Waals surface area contributed by atoms with E-state index in [1.54, 1.807) is 0 Å². The Morgan fingerprint density at radius 1 is 1.42 bits per heavy atom. The van der Waals surface area contributed by atoms with E-state index in [1.165, 1.54) is 5.56 Å². The highest BCUT2D eigenvalue weighted by Gasteiger charge is 1.94. The summed E-state index contributed by atoms with van der Waals surface area (Å²) in [6.45, 7) is 2.03. The molecule has 68 valence electrons. The van der Waals surface area contributed by atoms with Gasteiger partial charge in [0.05, 0.1) is 0 Å². The van der Waals surface area contributed by atoms with E-state index in [0.29, 0.717) is 6.04 Å². The van der Waals surface area contributed by atoms with E-state index < -0.39 is 0 Å². The summed E-state index contributed by atoms with van der Waals surface area (Å²) in [5.41, 5.74) is 6.94. The Kier molecular flexibility index (Phi) is 5.93. The van der Waals surface area contributed by atoms with Gasteiger partial charge in [-0.1, -0.05) is 0 Å². The highest BCUT2D eigenvalue weighted by Crippen LogP contribution is 2.01. The van der Waals surface area contributed by atoms with E-state index in [1.807, 2.05) is 31.5 Å². The van der Waals surface area contributed by atoms with Crippen molar-refractivity contribution >= 4 is 17.0 Å². The molecule has 0 aliphatic heterocycles. The predicted octanol–water partition coefficient (Wildman–Crippen LogP) is 1.94. The number of aromatic nitrogens is 1. The molecule has 0 fully saturated rings. The summed E-state index contributed by atoms with van der Waals surface area (Å²) >= 11 is 0. The van der Waals surface area contributed by atoms with Crippen LogP contribution in [0.1, 0.15) is 18.9 Å². The molecule has 0 saturated heterocycles. The van der Waals surface area contributed by atoms with Gasteiger partial charge < -0.3 is 5.73 Å². The quantitative estimate of drug-likeness (QED) is 0.863. The van der Waals surface area contributed by atoms with Crippen LogP contribution in [0.5, 0.6) is 0 Å². The zero-order chi connectivity index (χ0) is 8.10. The van der Waals surface area contributed by atoms with Gasteiger partial charge in [-0.25, -0.2) is 0 Å². The van der Waals surface area contributed by atoms with Crippen molar-refractivity contribution < 1.29 is 0 Å². The summed E-state index contributed by atoms with van der Waals surface area (Å²) in [6.07, 6.45) is 5.73. The van der Waals surface area contributed by atoms with E-state index in [2.05, 4.69) is 4.98 Å². The molecule has 0 aliphatic carbocycles. The molecule has 0 radical (unpaired) electrons. The monoisotopic (exact) mass is 230 g/mol. The summed E-state index contributed by atoms with van der Waals surface area (Å²) in [5, 5.41) is 0. The summed E-state index contributed by atoms with van der Waals surface area (Å²) in [5.74, 6) is 0. The number of pyridine rings is 1. The van der Waals surface area contributed by atoms with Crippen LogP contribution >= 0.6 is 17.0 Å². The van der Waals surface area contributed by atoms with Gasteiger partial charge in [0.25, 0.3) is 0 Å². The van der Waals surface area contributed by atoms with Gasteiger partial charge in [0.1, 0.15) is 0 Å². The molecule has 1 unspecified atom stereocenters. The normalized spacial score (nSPS) is 11.8. The molecule has 0 saturated carbocycles. The van der Waals surface area contributed by atoms with Crippen molar-refractivity contribution in [3.63, 3.8) is 0 Å². The van der Waals surface area contributed by atoms with Gasteiger partial charge in [0.2, 0.25) is 0 Å². The number of rotatable bonds is 3. The number of hydrogen-bond acceptors (Lipinski definition) is 2. The molecule has 0 aliphatic rings. The first-order valence-corrected chi connectivity index (χ1v) is 3.93. The first-order valence-electron chi connectivity index (χ1n) is 3.93. The van der Waals surface area contributed by atoms with Crippen LogP contribution in [-0.4, -0.2) is 11.0 Å². The lowest BCUT2D eigenvalue weighted by molar-refractivity contribution is 0.666. The minimum absolute atomic E-state index is 0. The highest BCUT2D eigenvalue weighted by molar-refractivity contribution is 8.93. The molecule has 2 nitrogen and oxygen atoms in total. The Balaban J connectivity index is 0.00000121. The molecule has 0 amide bonds. The van der Waals surface area contributed by atoms with Gasteiger partial charge in [-0.05, 0) is 37.5 Å². The van der Waals surface area contributed by atoms with Crippen LogP contribution in [0.4, 0.5) is 0 Å². The van der Waals surface area contributed by atoms with Gasteiger partial charge in [-0.15, -0.1) is 17.0 Å². The third kappa shape index (κ3) is 4.46. The molecule has 2 N–H and O–H groups in total. The summed E-state index contributed by atoms with van der Waals surface area (Å²) < 4.78 is 0. The van der Waals surface area contributed by atoms with E-state index in [4.69, 9.17) is 5.73 Å². The SMILES string of the molecule is Br.CC(N)CCc1ccncc1. The van der Waals surface area contributed by atoms with Gasteiger partial charge in [-0.3, -0.25) is 4.98 Å². The second kappa shape index (κ2) is 6.14. The summed E-state index contributed by atoms with van der Waals surface area (Å²) in [4.78, 5) is 3.94. The topological polar surface area (TPSA) is 38.9 Å². The molecule has 0 bridgehead atoms. The molecule has 1 aromatic rings. The van der Waals surface area contributed by atoms with Crippen molar-refractivity contribution in [2.24, 2.45) is 5.73 Å².